The molecule has 0 saturated carbocycles. The summed E-state index contributed by atoms with van der Waals surface area (Å²) in [4.78, 5) is 21.9. The quantitative estimate of drug-likeness (QED) is 0.412. The number of hydrogen-bond donors (Lipinski definition) is 2. The summed E-state index contributed by atoms with van der Waals surface area (Å²) in [5, 5.41) is 15.9. The monoisotopic (exact) mass is 511 g/mol. The number of nitrogens with zero attached hydrogens (tertiary/aromatic N) is 5. The molecule has 38 heavy (non-hydrogen) atoms. The van der Waals surface area contributed by atoms with Crippen LogP contribution in [0.25, 0.3) is 16.8 Å². The third-order valence-corrected chi connectivity index (χ3v) is 7.01. The molecule has 1 saturated heterocycles. The molecule has 2 N–H and O–H groups in total. The lowest BCUT2D eigenvalue weighted by Crippen LogP contribution is -2.32. The molecular formula is C28H26FN7O2. The second kappa shape index (κ2) is 10.1. The van der Waals surface area contributed by atoms with Gasteiger partial charge in [0.2, 0.25) is 11.6 Å². The number of fused-ring (bicyclic) bond motifs is 3. The average Bonchev–Trinajstić information content (AvgIpc) is 3.32. The van der Waals surface area contributed by atoms with Crippen LogP contribution in [0, 0.1) is 23.1 Å². The van der Waals surface area contributed by atoms with Gasteiger partial charge in [-0.15, -0.1) is 0 Å². The van der Waals surface area contributed by atoms with Crippen LogP contribution in [0.4, 0.5) is 4.39 Å². The highest BCUT2D eigenvalue weighted by molar-refractivity contribution is 5.99. The lowest BCUT2D eigenvalue weighted by molar-refractivity contribution is 0.142. The number of benzene rings is 2. The summed E-state index contributed by atoms with van der Waals surface area (Å²) in [7, 11) is 0. The molecule has 4 heterocycles. The van der Waals surface area contributed by atoms with Crippen molar-refractivity contribution in [2.75, 3.05) is 26.2 Å². The summed E-state index contributed by atoms with van der Waals surface area (Å²) in [5.41, 5.74) is 2.45. The molecule has 0 atom stereocenters. The Bertz CT molecular complexity index is 1690. The van der Waals surface area contributed by atoms with E-state index in [0.717, 1.165) is 49.0 Å². The molecule has 0 unspecified atom stereocenters. The number of amidine groups is 1. The standard InChI is InChI=1S/C28H26FN7O2/c29-23-16-35-25-11-19(12-30)4-5-24(25)34-28(35)36(27(23)37)15-20-2-1-3-21(10-20)26-32-13-22(14-33-26)38-17-18-6-8-31-9-7-18/h1-5,10-11,13,16,18,31H,6-9,14-15,17H2,(H,32,33). The molecule has 2 aromatic heterocycles. The first kappa shape index (κ1) is 23.9. The Balaban J connectivity index is 1.26. The zero-order valence-electron chi connectivity index (χ0n) is 20.7. The van der Waals surface area contributed by atoms with Crippen molar-refractivity contribution in [1.82, 2.24) is 24.6 Å². The van der Waals surface area contributed by atoms with Crippen LogP contribution in [0.15, 0.2) is 70.4 Å². The number of hydrogen-bond acceptors (Lipinski definition) is 7. The van der Waals surface area contributed by atoms with Gasteiger partial charge >= 0.3 is 0 Å². The molecule has 192 valence electrons. The van der Waals surface area contributed by atoms with Gasteiger partial charge in [-0.3, -0.25) is 13.8 Å². The summed E-state index contributed by atoms with van der Waals surface area (Å²) in [6.45, 7) is 3.44. The number of aromatic nitrogens is 3. The Morgan fingerprint density at radius 2 is 2.05 bits per heavy atom. The topological polar surface area (TPSA) is 109 Å². The zero-order chi connectivity index (χ0) is 26.1. The minimum atomic E-state index is -0.893. The molecule has 4 aromatic rings. The first-order valence-electron chi connectivity index (χ1n) is 12.6. The average molecular weight is 512 g/mol. The molecular weight excluding hydrogens is 485 g/mol. The molecule has 2 aliphatic rings. The van der Waals surface area contributed by atoms with E-state index in [1.807, 2.05) is 24.3 Å². The molecule has 0 aliphatic carbocycles. The van der Waals surface area contributed by atoms with Gasteiger partial charge in [0.25, 0.3) is 5.56 Å². The van der Waals surface area contributed by atoms with Crippen molar-refractivity contribution in [3.05, 3.63) is 93.5 Å². The maximum atomic E-state index is 14.7. The molecule has 2 aliphatic heterocycles. The van der Waals surface area contributed by atoms with E-state index in [2.05, 4.69) is 26.7 Å². The van der Waals surface area contributed by atoms with Crippen molar-refractivity contribution in [3.63, 3.8) is 0 Å². The van der Waals surface area contributed by atoms with Gasteiger partial charge in [0.1, 0.15) is 11.6 Å². The molecule has 6 rings (SSSR count). The minimum Gasteiger partial charge on any atom is -0.494 e. The van der Waals surface area contributed by atoms with E-state index in [-0.39, 0.29) is 6.54 Å². The Morgan fingerprint density at radius 1 is 1.18 bits per heavy atom. The molecule has 1 fully saturated rings. The van der Waals surface area contributed by atoms with Crippen molar-refractivity contribution < 1.29 is 9.13 Å². The van der Waals surface area contributed by atoms with Crippen LogP contribution in [0.3, 0.4) is 0 Å². The third kappa shape index (κ3) is 4.64. The number of aliphatic imine (C=N–C) groups is 1. The van der Waals surface area contributed by atoms with Gasteiger partial charge in [-0.1, -0.05) is 18.2 Å². The van der Waals surface area contributed by atoms with Gasteiger partial charge in [0.05, 0.1) is 54.8 Å². The maximum absolute atomic E-state index is 14.7. The van der Waals surface area contributed by atoms with E-state index >= 15 is 0 Å². The van der Waals surface area contributed by atoms with Crippen LogP contribution in [0.1, 0.15) is 29.5 Å². The number of halogens is 1. The summed E-state index contributed by atoms with van der Waals surface area (Å²) in [6.07, 6.45) is 5.13. The number of imidazole rings is 1. The van der Waals surface area contributed by atoms with Crippen LogP contribution >= 0.6 is 0 Å². The van der Waals surface area contributed by atoms with Gasteiger partial charge in [-0.2, -0.15) is 9.65 Å². The number of rotatable bonds is 6. The number of ether oxygens (including phenoxy) is 1. The van der Waals surface area contributed by atoms with Crippen molar-refractivity contribution >= 4 is 22.6 Å². The predicted octanol–water partition coefficient (Wildman–Crippen LogP) is 2.92. The van der Waals surface area contributed by atoms with E-state index in [1.165, 1.54) is 8.97 Å². The van der Waals surface area contributed by atoms with E-state index in [1.54, 1.807) is 24.4 Å². The van der Waals surface area contributed by atoms with E-state index in [4.69, 9.17) is 4.74 Å². The molecule has 0 bridgehead atoms. The lowest BCUT2D eigenvalue weighted by atomic mass is 9.99. The highest BCUT2D eigenvalue weighted by atomic mass is 19.1. The van der Waals surface area contributed by atoms with Gasteiger partial charge in [-0.05, 0) is 61.7 Å². The fraction of sp³-hybridized carbons (Fsp3) is 0.286. The van der Waals surface area contributed by atoms with Crippen LogP contribution < -0.4 is 16.2 Å². The second-order valence-corrected chi connectivity index (χ2v) is 9.60. The minimum absolute atomic E-state index is 0.121. The first-order valence-corrected chi connectivity index (χ1v) is 12.6. The molecule has 0 spiro atoms. The highest BCUT2D eigenvalue weighted by Crippen LogP contribution is 2.19. The van der Waals surface area contributed by atoms with E-state index < -0.39 is 11.4 Å². The van der Waals surface area contributed by atoms with Gasteiger partial charge < -0.3 is 15.4 Å². The Kier molecular flexibility index (Phi) is 6.35. The van der Waals surface area contributed by atoms with Crippen LogP contribution in [0.2, 0.25) is 0 Å². The molecule has 9 nitrogen and oxygen atoms in total. The Morgan fingerprint density at radius 3 is 2.84 bits per heavy atom. The predicted molar refractivity (Wildman–Crippen MR) is 141 cm³/mol. The van der Waals surface area contributed by atoms with Crippen LogP contribution in [-0.4, -0.2) is 46.0 Å². The number of nitriles is 1. The van der Waals surface area contributed by atoms with E-state index in [0.29, 0.717) is 47.3 Å². The fourth-order valence-corrected chi connectivity index (χ4v) is 4.93. The smallest absolute Gasteiger partial charge is 0.291 e. The summed E-state index contributed by atoms with van der Waals surface area (Å²) in [6, 6.07) is 14.7. The Hall–Kier alpha value is -4.49. The molecule has 10 heteroatoms. The number of nitrogens with one attached hydrogen (secondary N) is 2. The van der Waals surface area contributed by atoms with Crippen molar-refractivity contribution in [2.24, 2.45) is 10.9 Å². The third-order valence-electron chi connectivity index (χ3n) is 7.01. The van der Waals surface area contributed by atoms with Crippen molar-refractivity contribution in [2.45, 2.75) is 19.4 Å². The van der Waals surface area contributed by atoms with Crippen LogP contribution in [-0.2, 0) is 11.3 Å². The largest absolute Gasteiger partial charge is 0.494 e. The maximum Gasteiger partial charge on any atom is 0.291 e. The molecule has 0 amide bonds. The summed E-state index contributed by atoms with van der Waals surface area (Å²) in [5.74, 6) is 1.49. The lowest BCUT2D eigenvalue weighted by Gasteiger charge is -2.24. The fourth-order valence-electron chi connectivity index (χ4n) is 4.93. The summed E-state index contributed by atoms with van der Waals surface area (Å²) >= 11 is 0. The highest BCUT2D eigenvalue weighted by Gasteiger charge is 2.18. The zero-order valence-corrected chi connectivity index (χ0v) is 20.7. The number of piperidine rings is 1. The second-order valence-electron chi connectivity index (χ2n) is 9.60. The van der Waals surface area contributed by atoms with E-state index in [9.17, 15) is 14.4 Å². The molecule has 2 aromatic carbocycles. The van der Waals surface area contributed by atoms with Gasteiger partial charge in [0.15, 0.2) is 0 Å². The van der Waals surface area contributed by atoms with Crippen LogP contribution in [0.5, 0.6) is 0 Å². The SMILES string of the molecule is N#Cc1ccc2nc3n(Cc4cccc(C5=NC=C(OCC6CCNCC6)CN5)c4)c(=O)c(F)cn3c2c1. The van der Waals surface area contributed by atoms with Gasteiger partial charge in [0, 0.05) is 5.56 Å². The van der Waals surface area contributed by atoms with Crippen molar-refractivity contribution in [1.29, 1.82) is 5.26 Å². The normalized spacial score (nSPS) is 16.1. The Labute approximate surface area is 217 Å². The molecule has 0 radical (unpaired) electrons. The van der Waals surface area contributed by atoms with Crippen molar-refractivity contribution in [3.8, 4) is 6.07 Å². The summed E-state index contributed by atoms with van der Waals surface area (Å²) < 4.78 is 23.5. The van der Waals surface area contributed by atoms with Gasteiger partial charge in [-0.25, -0.2) is 9.98 Å². The first-order chi connectivity index (χ1) is 18.6.